The molecule has 136 valence electrons. The maximum Gasteiger partial charge on any atom is 0.247 e. The molecule has 3 aromatic rings. The summed E-state index contributed by atoms with van der Waals surface area (Å²) in [4.78, 5) is 9.17. The van der Waals surface area contributed by atoms with Crippen LogP contribution in [0, 0.1) is 0 Å². The Labute approximate surface area is 153 Å². The van der Waals surface area contributed by atoms with Crippen LogP contribution in [0.1, 0.15) is 30.0 Å². The summed E-state index contributed by atoms with van der Waals surface area (Å²) < 4.78 is 22.9. The lowest BCUT2D eigenvalue weighted by Crippen LogP contribution is -2.09. The average Bonchev–Trinajstić information content (AvgIpc) is 3.14. The van der Waals surface area contributed by atoms with Crippen LogP contribution >= 0.6 is 11.3 Å². The van der Waals surface area contributed by atoms with Gasteiger partial charge in [-0.15, -0.1) is 11.3 Å². The quantitative estimate of drug-likeness (QED) is 0.499. The number of aliphatic hydroxyl groups is 1. The topological polar surface area (TPSA) is 147 Å². The molecule has 9 nitrogen and oxygen atoms in total. The molecule has 4 rings (SSSR count). The number of hydrogen-bond donors (Lipinski definition) is 4. The lowest BCUT2D eigenvalue weighted by Gasteiger charge is -2.08. The van der Waals surface area contributed by atoms with E-state index in [0.29, 0.717) is 33.8 Å². The first-order valence-corrected chi connectivity index (χ1v) is 10.2. The number of thiophene rings is 1. The van der Waals surface area contributed by atoms with Crippen molar-refractivity contribution in [2.24, 2.45) is 5.14 Å². The van der Waals surface area contributed by atoms with Crippen LogP contribution in [0.5, 0.6) is 0 Å². The number of H-pyrrole nitrogens is 1. The monoisotopic (exact) mass is 392 g/mol. The lowest BCUT2D eigenvalue weighted by atomic mass is 10.3. The molecular formula is C15H16N6O3S2. The van der Waals surface area contributed by atoms with Crippen LogP contribution in [0.3, 0.4) is 0 Å². The normalized spacial score (nSPS) is 14.5. The number of rotatable bonds is 6. The molecule has 0 unspecified atom stereocenters. The number of nitrogens with one attached hydrogen (secondary N) is 2. The van der Waals surface area contributed by atoms with E-state index in [1.807, 2.05) is 6.07 Å². The van der Waals surface area contributed by atoms with Crippen LogP contribution < -0.4 is 10.5 Å². The van der Waals surface area contributed by atoms with Gasteiger partial charge in [0.25, 0.3) is 0 Å². The Kier molecular flexibility index (Phi) is 4.23. The minimum atomic E-state index is -3.77. The van der Waals surface area contributed by atoms with Gasteiger partial charge < -0.3 is 10.4 Å². The molecule has 0 saturated heterocycles. The predicted octanol–water partition coefficient (Wildman–Crippen LogP) is 1.69. The first-order valence-electron chi connectivity index (χ1n) is 7.86. The molecule has 1 aliphatic rings. The smallest absolute Gasteiger partial charge is 0.247 e. The number of hydrogen-bond acceptors (Lipinski definition) is 8. The maximum atomic E-state index is 11.4. The van der Waals surface area contributed by atoms with Crippen molar-refractivity contribution in [1.29, 1.82) is 0 Å². The van der Waals surface area contributed by atoms with Gasteiger partial charge in [-0.2, -0.15) is 5.10 Å². The summed E-state index contributed by atoms with van der Waals surface area (Å²) in [6.07, 6.45) is 3.81. The zero-order valence-electron chi connectivity index (χ0n) is 13.5. The zero-order valence-corrected chi connectivity index (χ0v) is 15.1. The second-order valence-corrected chi connectivity index (χ2v) is 8.87. The van der Waals surface area contributed by atoms with Crippen LogP contribution in [-0.2, 0) is 16.6 Å². The van der Waals surface area contributed by atoms with E-state index in [0.717, 1.165) is 29.9 Å². The van der Waals surface area contributed by atoms with E-state index in [9.17, 15) is 13.5 Å². The van der Waals surface area contributed by atoms with Crippen LogP contribution in [0.4, 0.5) is 11.6 Å². The third-order valence-electron chi connectivity index (χ3n) is 3.98. The maximum absolute atomic E-state index is 11.4. The van der Waals surface area contributed by atoms with Crippen LogP contribution in [0.15, 0.2) is 28.6 Å². The second-order valence-electron chi connectivity index (χ2n) is 6.00. The van der Waals surface area contributed by atoms with E-state index in [2.05, 4.69) is 25.5 Å². The van der Waals surface area contributed by atoms with E-state index in [4.69, 9.17) is 5.14 Å². The number of aromatic amines is 1. The van der Waals surface area contributed by atoms with Crippen molar-refractivity contribution in [3.05, 3.63) is 35.7 Å². The van der Waals surface area contributed by atoms with Gasteiger partial charge in [-0.1, -0.05) is 0 Å². The summed E-state index contributed by atoms with van der Waals surface area (Å²) in [6.45, 7) is -0.241. The van der Waals surface area contributed by atoms with Gasteiger partial charge in [0.15, 0.2) is 11.6 Å². The van der Waals surface area contributed by atoms with Gasteiger partial charge in [0.1, 0.15) is 10.0 Å². The molecule has 1 saturated carbocycles. The van der Waals surface area contributed by atoms with Gasteiger partial charge in [0.2, 0.25) is 10.0 Å². The molecule has 0 spiro atoms. The molecular weight excluding hydrogens is 376 g/mol. The van der Waals surface area contributed by atoms with E-state index < -0.39 is 10.0 Å². The summed E-state index contributed by atoms with van der Waals surface area (Å²) in [5.41, 5.74) is 1.58. The van der Waals surface area contributed by atoms with Gasteiger partial charge in [-0.3, -0.25) is 5.10 Å². The molecule has 1 aliphatic carbocycles. The Morgan fingerprint density at radius 1 is 1.38 bits per heavy atom. The molecule has 3 aromatic heterocycles. The summed E-state index contributed by atoms with van der Waals surface area (Å²) in [7, 11) is -3.77. The van der Waals surface area contributed by atoms with Crippen molar-refractivity contribution in [1.82, 2.24) is 20.2 Å². The summed E-state index contributed by atoms with van der Waals surface area (Å²) in [5, 5.41) is 25.0. The first-order chi connectivity index (χ1) is 12.4. The van der Waals surface area contributed by atoms with Crippen molar-refractivity contribution >= 4 is 33.0 Å². The lowest BCUT2D eigenvalue weighted by molar-refractivity contribution is 0.281. The van der Waals surface area contributed by atoms with Crippen LogP contribution in [0.25, 0.3) is 10.7 Å². The molecule has 0 aliphatic heterocycles. The Hall–Kier alpha value is -2.34. The fourth-order valence-electron chi connectivity index (χ4n) is 2.47. The Morgan fingerprint density at radius 2 is 2.19 bits per heavy atom. The predicted molar refractivity (Wildman–Crippen MR) is 96.5 cm³/mol. The second kappa shape index (κ2) is 6.43. The number of aliphatic hydroxyl groups excluding tert-OH is 1. The molecule has 26 heavy (non-hydrogen) atoms. The molecule has 11 heteroatoms. The van der Waals surface area contributed by atoms with Gasteiger partial charge >= 0.3 is 0 Å². The molecule has 0 amide bonds. The average molecular weight is 392 g/mol. The van der Waals surface area contributed by atoms with Crippen molar-refractivity contribution < 1.29 is 13.5 Å². The highest BCUT2D eigenvalue weighted by Gasteiger charge is 2.25. The van der Waals surface area contributed by atoms with E-state index in [1.165, 1.54) is 12.3 Å². The highest BCUT2D eigenvalue weighted by atomic mass is 32.2. The van der Waals surface area contributed by atoms with Gasteiger partial charge in [-0.25, -0.2) is 23.5 Å². The number of anilines is 2. The fourth-order valence-corrected chi connectivity index (χ4v) is 4.14. The number of nitrogens with zero attached hydrogens (tertiary/aromatic N) is 3. The standard InChI is InChI=1S/C15H16N6O3S2/c16-26(23,24)13-4-3-11(25-13)15-17-6-9(7-22)14(19-15)18-12-5-10(20-21-12)8-1-2-8/h3-6,8,22H,1-2,7H2,(H2,16,23,24)(H2,17,18,19,20,21). The Morgan fingerprint density at radius 3 is 2.85 bits per heavy atom. The van der Waals surface area contributed by atoms with Crippen molar-refractivity contribution in [2.75, 3.05) is 5.32 Å². The number of nitrogens with two attached hydrogens (primary N) is 1. The molecule has 0 radical (unpaired) electrons. The molecule has 5 N–H and O–H groups in total. The van der Waals surface area contributed by atoms with Crippen molar-refractivity contribution in [2.45, 2.75) is 29.6 Å². The molecule has 0 atom stereocenters. The fraction of sp³-hybridized carbons (Fsp3) is 0.267. The first kappa shape index (κ1) is 17.1. The van der Waals surface area contributed by atoms with Gasteiger partial charge in [0.05, 0.1) is 11.5 Å². The number of primary sulfonamides is 1. The minimum Gasteiger partial charge on any atom is -0.391 e. The third-order valence-corrected chi connectivity index (χ3v) is 6.50. The van der Waals surface area contributed by atoms with E-state index in [-0.39, 0.29) is 10.8 Å². The summed E-state index contributed by atoms with van der Waals surface area (Å²) in [5.74, 6) is 1.89. The number of sulfonamides is 1. The zero-order chi connectivity index (χ0) is 18.3. The van der Waals surface area contributed by atoms with Gasteiger partial charge in [-0.05, 0) is 25.0 Å². The van der Waals surface area contributed by atoms with E-state index >= 15 is 0 Å². The highest BCUT2D eigenvalue weighted by molar-refractivity contribution is 7.91. The summed E-state index contributed by atoms with van der Waals surface area (Å²) in [6, 6.07) is 4.94. The van der Waals surface area contributed by atoms with E-state index in [1.54, 1.807) is 6.07 Å². The molecule has 0 aromatic carbocycles. The van der Waals surface area contributed by atoms with Crippen molar-refractivity contribution in [3.63, 3.8) is 0 Å². The highest BCUT2D eigenvalue weighted by Crippen LogP contribution is 2.39. The largest absolute Gasteiger partial charge is 0.391 e. The van der Waals surface area contributed by atoms with Crippen molar-refractivity contribution in [3.8, 4) is 10.7 Å². The molecule has 3 heterocycles. The Balaban J connectivity index is 1.65. The summed E-state index contributed by atoms with van der Waals surface area (Å²) >= 11 is 0.988. The van der Waals surface area contributed by atoms with Crippen LogP contribution in [-0.4, -0.2) is 33.7 Å². The number of aromatic nitrogens is 4. The molecule has 0 bridgehead atoms. The third kappa shape index (κ3) is 3.46. The Bertz CT molecular complexity index is 1060. The minimum absolute atomic E-state index is 0.0400. The SMILES string of the molecule is NS(=O)(=O)c1ccc(-c2ncc(CO)c(Nc3cc(C4CC4)[nH]n3)n2)s1. The molecule has 1 fully saturated rings. The van der Waals surface area contributed by atoms with Gasteiger partial charge in [0, 0.05) is 29.4 Å². The van der Waals surface area contributed by atoms with Crippen LogP contribution in [0.2, 0.25) is 0 Å².